The normalized spacial score (nSPS) is 11.3. The Hall–Kier alpha value is -3.31. The lowest BCUT2D eigenvalue weighted by molar-refractivity contribution is 0.268. The van der Waals surface area contributed by atoms with Crippen LogP contribution in [0, 0.1) is 0 Å². The Kier molecular flexibility index (Phi) is 5.49. The first-order valence-electron chi connectivity index (χ1n) is 9.85. The Morgan fingerprint density at radius 2 is 1.72 bits per heavy atom. The zero-order chi connectivity index (χ0) is 20.2. The molecule has 5 heteroatoms. The number of para-hydroxylation sites is 1. The van der Waals surface area contributed by atoms with Crippen molar-refractivity contribution in [1.82, 2.24) is 14.3 Å². The fourth-order valence-electron chi connectivity index (χ4n) is 3.65. The van der Waals surface area contributed by atoms with Gasteiger partial charge >= 0.3 is 0 Å². The Balaban J connectivity index is 1.80. The van der Waals surface area contributed by atoms with E-state index < -0.39 is 0 Å². The largest absolute Gasteiger partial charge is 0.496 e. The van der Waals surface area contributed by atoms with Crippen molar-refractivity contribution < 1.29 is 4.74 Å². The molecule has 0 atom stereocenters. The van der Waals surface area contributed by atoms with Crippen LogP contribution in [0.5, 0.6) is 5.75 Å². The van der Waals surface area contributed by atoms with E-state index in [9.17, 15) is 0 Å². The molecule has 2 heterocycles. The van der Waals surface area contributed by atoms with Gasteiger partial charge in [0, 0.05) is 30.5 Å². The number of rotatable bonds is 7. The Morgan fingerprint density at radius 3 is 2.48 bits per heavy atom. The van der Waals surface area contributed by atoms with Crippen molar-refractivity contribution in [3.63, 3.8) is 0 Å². The summed E-state index contributed by atoms with van der Waals surface area (Å²) in [6, 6.07) is 22.4. The molecule has 29 heavy (non-hydrogen) atoms. The van der Waals surface area contributed by atoms with Gasteiger partial charge < -0.3 is 14.9 Å². The van der Waals surface area contributed by atoms with E-state index in [0.717, 1.165) is 48.0 Å². The van der Waals surface area contributed by atoms with Crippen LogP contribution < -0.4 is 10.5 Å². The van der Waals surface area contributed by atoms with Crippen LogP contribution in [0.1, 0.15) is 18.2 Å². The molecule has 0 amide bonds. The summed E-state index contributed by atoms with van der Waals surface area (Å²) in [6.45, 7) is 4.74. The lowest BCUT2D eigenvalue weighted by atomic mass is 10.1. The third-order valence-electron chi connectivity index (χ3n) is 5.17. The van der Waals surface area contributed by atoms with Gasteiger partial charge in [0.1, 0.15) is 11.4 Å². The van der Waals surface area contributed by atoms with Gasteiger partial charge in [0.2, 0.25) is 0 Å². The number of nitrogens with zero attached hydrogens (tertiary/aromatic N) is 3. The molecular weight excluding hydrogens is 360 g/mol. The highest BCUT2D eigenvalue weighted by atomic mass is 16.5. The smallest absolute Gasteiger partial charge is 0.137 e. The van der Waals surface area contributed by atoms with Crippen molar-refractivity contribution in [2.75, 3.05) is 19.4 Å². The first-order valence-corrected chi connectivity index (χ1v) is 9.85. The first kappa shape index (κ1) is 19.0. The number of imidazole rings is 1. The number of aromatic nitrogens is 2. The standard InChI is InChI=1S/C24H26N4O/c1-3-27(15-18-9-5-4-6-10-18)17-21-24(20-11-7-8-12-22(20)29-2)26-23-14-13-19(25)16-28(21)23/h4-14,16H,3,15,17,25H2,1-2H3. The predicted molar refractivity (Wildman–Crippen MR) is 118 cm³/mol. The second-order valence-corrected chi connectivity index (χ2v) is 7.09. The second-order valence-electron chi connectivity index (χ2n) is 7.09. The number of hydrogen-bond acceptors (Lipinski definition) is 4. The number of methoxy groups -OCH3 is 1. The highest BCUT2D eigenvalue weighted by Crippen LogP contribution is 2.33. The summed E-state index contributed by atoms with van der Waals surface area (Å²) in [4.78, 5) is 7.33. The number of nitrogen functional groups attached to an aromatic ring is 1. The fraction of sp³-hybridized carbons (Fsp3) is 0.208. The number of ether oxygens (including phenoxy) is 1. The molecule has 0 aliphatic carbocycles. The Morgan fingerprint density at radius 1 is 0.966 bits per heavy atom. The summed E-state index contributed by atoms with van der Waals surface area (Å²) < 4.78 is 7.72. The molecule has 2 aromatic carbocycles. The topological polar surface area (TPSA) is 55.8 Å². The van der Waals surface area contributed by atoms with E-state index in [4.69, 9.17) is 15.5 Å². The molecule has 5 nitrogen and oxygen atoms in total. The molecule has 2 aromatic heterocycles. The van der Waals surface area contributed by atoms with Crippen LogP contribution >= 0.6 is 0 Å². The average molecular weight is 386 g/mol. The molecule has 4 aromatic rings. The lowest BCUT2D eigenvalue weighted by Gasteiger charge is -2.21. The molecule has 0 bridgehead atoms. The van der Waals surface area contributed by atoms with E-state index in [1.165, 1.54) is 5.56 Å². The third-order valence-corrected chi connectivity index (χ3v) is 5.17. The summed E-state index contributed by atoms with van der Waals surface area (Å²) in [7, 11) is 1.69. The number of anilines is 1. The van der Waals surface area contributed by atoms with Crippen LogP contribution in [0.4, 0.5) is 5.69 Å². The number of benzene rings is 2. The van der Waals surface area contributed by atoms with Gasteiger partial charge in [0.05, 0.1) is 18.5 Å². The van der Waals surface area contributed by atoms with Gasteiger partial charge in [-0.15, -0.1) is 0 Å². The molecule has 2 N–H and O–H groups in total. The maximum Gasteiger partial charge on any atom is 0.137 e. The summed E-state index contributed by atoms with van der Waals surface area (Å²) in [6.07, 6.45) is 1.95. The van der Waals surface area contributed by atoms with Gasteiger partial charge in [0.25, 0.3) is 0 Å². The summed E-state index contributed by atoms with van der Waals surface area (Å²) in [5, 5.41) is 0. The minimum Gasteiger partial charge on any atom is -0.496 e. The quantitative estimate of drug-likeness (QED) is 0.504. The van der Waals surface area contributed by atoms with E-state index in [2.05, 4.69) is 46.6 Å². The Labute approximate surface area is 171 Å². The van der Waals surface area contributed by atoms with E-state index in [-0.39, 0.29) is 0 Å². The van der Waals surface area contributed by atoms with Crippen molar-refractivity contribution in [2.45, 2.75) is 20.0 Å². The second kappa shape index (κ2) is 8.37. The monoisotopic (exact) mass is 386 g/mol. The highest BCUT2D eigenvalue weighted by molar-refractivity contribution is 5.72. The zero-order valence-corrected chi connectivity index (χ0v) is 16.9. The van der Waals surface area contributed by atoms with Gasteiger partial charge in [-0.05, 0) is 36.4 Å². The number of fused-ring (bicyclic) bond motifs is 1. The van der Waals surface area contributed by atoms with Crippen molar-refractivity contribution in [2.24, 2.45) is 0 Å². The summed E-state index contributed by atoms with van der Waals surface area (Å²) >= 11 is 0. The minimum absolute atomic E-state index is 0.717. The lowest BCUT2D eigenvalue weighted by Crippen LogP contribution is -2.23. The van der Waals surface area contributed by atoms with Gasteiger partial charge in [-0.3, -0.25) is 4.90 Å². The van der Waals surface area contributed by atoms with Crippen molar-refractivity contribution in [1.29, 1.82) is 0 Å². The third kappa shape index (κ3) is 3.96. The molecular formula is C24H26N4O. The van der Waals surface area contributed by atoms with E-state index in [0.29, 0.717) is 5.69 Å². The minimum atomic E-state index is 0.717. The van der Waals surface area contributed by atoms with Crippen molar-refractivity contribution >= 4 is 11.3 Å². The van der Waals surface area contributed by atoms with Gasteiger partial charge in [0.15, 0.2) is 0 Å². The van der Waals surface area contributed by atoms with Crippen LogP contribution in [0.15, 0.2) is 72.9 Å². The molecule has 148 valence electrons. The van der Waals surface area contributed by atoms with E-state index in [1.54, 1.807) is 7.11 Å². The molecule has 0 fully saturated rings. The summed E-state index contributed by atoms with van der Waals surface area (Å²) in [5.41, 5.74) is 12.0. The van der Waals surface area contributed by atoms with Crippen LogP contribution in [0.25, 0.3) is 16.9 Å². The van der Waals surface area contributed by atoms with Gasteiger partial charge in [-0.2, -0.15) is 0 Å². The van der Waals surface area contributed by atoms with Crippen LogP contribution in [-0.4, -0.2) is 27.9 Å². The van der Waals surface area contributed by atoms with Gasteiger partial charge in [-0.25, -0.2) is 4.98 Å². The van der Waals surface area contributed by atoms with Crippen molar-refractivity contribution in [3.8, 4) is 17.0 Å². The van der Waals surface area contributed by atoms with Crippen LogP contribution in [0.3, 0.4) is 0 Å². The molecule has 0 aliphatic rings. The summed E-state index contributed by atoms with van der Waals surface area (Å²) in [5.74, 6) is 0.816. The highest BCUT2D eigenvalue weighted by Gasteiger charge is 2.19. The van der Waals surface area contributed by atoms with Crippen LogP contribution in [-0.2, 0) is 13.1 Å². The molecule has 0 radical (unpaired) electrons. The van der Waals surface area contributed by atoms with E-state index >= 15 is 0 Å². The fourth-order valence-corrected chi connectivity index (χ4v) is 3.65. The SMILES string of the molecule is CCN(Cc1ccccc1)Cc1c(-c2ccccc2OC)nc2ccc(N)cn12. The molecule has 0 aliphatic heterocycles. The van der Waals surface area contributed by atoms with Gasteiger partial charge in [-0.1, -0.05) is 49.4 Å². The average Bonchev–Trinajstić information content (AvgIpc) is 3.11. The predicted octanol–water partition coefficient (Wildman–Crippen LogP) is 4.61. The molecule has 4 rings (SSSR count). The number of pyridine rings is 1. The number of hydrogen-bond donors (Lipinski definition) is 1. The van der Waals surface area contributed by atoms with E-state index in [1.807, 2.05) is 42.6 Å². The molecule has 0 saturated heterocycles. The first-order chi connectivity index (χ1) is 14.2. The van der Waals surface area contributed by atoms with Crippen molar-refractivity contribution in [3.05, 3.63) is 84.2 Å². The zero-order valence-electron chi connectivity index (χ0n) is 16.9. The number of nitrogens with two attached hydrogens (primary N) is 1. The molecule has 0 unspecified atom stereocenters. The maximum absolute atomic E-state index is 6.10. The Bertz CT molecular complexity index is 1100. The molecule has 0 spiro atoms. The molecule has 0 saturated carbocycles. The maximum atomic E-state index is 6.10. The van der Waals surface area contributed by atoms with Crippen LogP contribution in [0.2, 0.25) is 0 Å².